The van der Waals surface area contributed by atoms with E-state index >= 15 is 0 Å². The van der Waals surface area contributed by atoms with Gasteiger partial charge in [-0.2, -0.15) is 0 Å². The van der Waals surface area contributed by atoms with Gasteiger partial charge in [-0.05, 0) is 18.5 Å². The van der Waals surface area contributed by atoms with Crippen molar-refractivity contribution in [1.29, 1.82) is 0 Å². The predicted molar refractivity (Wildman–Crippen MR) is 65.8 cm³/mol. The van der Waals surface area contributed by atoms with Gasteiger partial charge in [0.25, 0.3) is 0 Å². The van der Waals surface area contributed by atoms with Gasteiger partial charge < -0.3 is 15.7 Å². The Kier molecular flexibility index (Phi) is 7.33. The molecule has 1 rings (SSSR count). The highest BCUT2D eigenvalue weighted by molar-refractivity contribution is 5.85. The standard InChI is InChI=1S/C11H16N2O2.ClH/c12-7-4-8-13(11(14)15)9-10-5-2-1-3-6-10;/h1-3,5-6H,4,7-9,12H2,(H,14,15);1H. The Hall–Kier alpha value is -1.26. The van der Waals surface area contributed by atoms with Crippen LogP contribution in [-0.4, -0.2) is 29.2 Å². The first kappa shape index (κ1) is 14.7. The quantitative estimate of drug-likeness (QED) is 0.832. The Morgan fingerprint density at radius 1 is 1.31 bits per heavy atom. The summed E-state index contributed by atoms with van der Waals surface area (Å²) in [6.45, 7) is 1.43. The molecule has 3 N–H and O–H groups in total. The summed E-state index contributed by atoms with van der Waals surface area (Å²) in [6, 6.07) is 9.54. The Morgan fingerprint density at radius 3 is 2.44 bits per heavy atom. The van der Waals surface area contributed by atoms with Crippen LogP contribution in [0.1, 0.15) is 12.0 Å². The normalized spacial score (nSPS) is 9.31. The van der Waals surface area contributed by atoms with E-state index in [4.69, 9.17) is 10.8 Å². The van der Waals surface area contributed by atoms with E-state index in [1.54, 1.807) is 0 Å². The molecule has 1 aromatic rings. The van der Waals surface area contributed by atoms with Crippen molar-refractivity contribution < 1.29 is 9.90 Å². The average Bonchev–Trinajstić information content (AvgIpc) is 2.25. The molecule has 0 unspecified atom stereocenters. The molecule has 0 fully saturated rings. The zero-order chi connectivity index (χ0) is 11.1. The van der Waals surface area contributed by atoms with Crippen molar-refractivity contribution in [3.05, 3.63) is 35.9 Å². The molecule has 5 heteroatoms. The van der Waals surface area contributed by atoms with E-state index < -0.39 is 6.09 Å². The molecule has 1 amide bonds. The van der Waals surface area contributed by atoms with Gasteiger partial charge in [0.15, 0.2) is 0 Å². The van der Waals surface area contributed by atoms with Crippen molar-refractivity contribution in [2.45, 2.75) is 13.0 Å². The molecule has 1 aromatic carbocycles. The minimum absolute atomic E-state index is 0. The minimum Gasteiger partial charge on any atom is -0.465 e. The van der Waals surface area contributed by atoms with Crippen LogP contribution in [0.4, 0.5) is 4.79 Å². The van der Waals surface area contributed by atoms with Crippen LogP contribution in [0.5, 0.6) is 0 Å². The number of nitrogens with zero attached hydrogens (tertiary/aromatic N) is 1. The molecule has 0 aliphatic rings. The van der Waals surface area contributed by atoms with Crippen molar-refractivity contribution in [2.24, 2.45) is 5.73 Å². The number of amides is 1. The van der Waals surface area contributed by atoms with E-state index in [2.05, 4.69) is 0 Å². The fourth-order valence-electron chi connectivity index (χ4n) is 1.33. The lowest BCUT2D eigenvalue weighted by molar-refractivity contribution is 0.142. The van der Waals surface area contributed by atoms with Crippen molar-refractivity contribution in [2.75, 3.05) is 13.1 Å². The SMILES string of the molecule is Cl.NCCCN(Cc1ccccc1)C(=O)O. The monoisotopic (exact) mass is 244 g/mol. The summed E-state index contributed by atoms with van der Waals surface area (Å²) in [4.78, 5) is 12.3. The highest BCUT2D eigenvalue weighted by atomic mass is 35.5. The van der Waals surface area contributed by atoms with E-state index in [1.165, 1.54) is 4.90 Å². The van der Waals surface area contributed by atoms with Crippen molar-refractivity contribution in [3.63, 3.8) is 0 Å². The van der Waals surface area contributed by atoms with Gasteiger partial charge in [-0.15, -0.1) is 12.4 Å². The van der Waals surface area contributed by atoms with Crippen LogP contribution < -0.4 is 5.73 Å². The van der Waals surface area contributed by atoms with E-state index in [-0.39, 0.29) is 12.4 Å². The molecule has 0 saturated carbocycles. The van der Waals surface area contributed by atoms with E-state index in [0.717, 1.165) is 5.56 Å². The lowest BCUT2D eigenvalue weighted by Gasteiger charge is -2.18. The van der Waals surface area contributed by atoms with Crippen molar-refractivity contribution in [1.82, 2.24) is 4.90 Å². The van der Waals surface area contributed by atoms with E-state index in [1.807, 2.05) is 30.3 Å². The van der Waals surface area contributed by atoms with Crippen LogP contribution in [0.3, 0.4) is 0 Å². The number of hydrogen-bond acceptors (Lipinski definition) is 2. The van der Waals surface area contributed by atoms with Gasteiger partial charge in [-0.1, -0.05) is 30.3 Å². The maximum absolute atomic E-state index is 10.9. The highest BCUT2D eigenvalue weighted by Crippen LogP contribution is 2.04. The van der Waals surface area contributed by atoms with Crippen LogP contribution in [0.25, 0.3) is 0 Å². The van der Waals surface area contributed by atoms with Crippen LogP contribution in [0, 0.1) is 0 Å². The minimum atomic E-state index is -0.896. The molecule has 0 heterocycles. The van der Waals surface area contributed by atoms with E-state index in [9.17, 15) is 4.79 Å². The van der Waals surface area contributed by atoms with Gasteiger partial charge in [0.1, 0.15) is 0 Å². The first-order chi connectivity index (χ1) is 7.24. The third-order valence-electron chi connectivity index (χ3n) is 2.12. The molecule has 16 heavy (non-hydrogen) atoms. The maximum atomic E-state index is 10.9. The lowest BCUT2D eigenvalue weighted by Crippen LogP contribution is -2.31. The molecule has 4 nitrogen and oxygen atoms in total. The second-order valence-electron chi connectivity index (χ2n) is 3.33. The molecule has 0 spiro atoms. The van der Waals surface area contributed by atoms with Crippen LogP contribution in [0.15, 0.2) is 30.3 Å². The molecule has 0 saturated heterocycles. The second-order valence-corrected chi connectivity index (χ2v) is 3.33. The summed E-state index contributed by atoms with van der Waals surface area (Å²) in [6.07, 6.45) is -0.202. The second kappa shape index (κ2) is 7.96. The summed E-state index contributed by atoms with van der Waals surface area (Å²) >= 11 is 0. The number of carbonyl (C=O) groups is 1. The third-order valence-corrected chi connectivity index (χ3v) is 2.12. The Morgan fingerprint density at radius 2 is 1.94 bits per heavy atom. The summed E-state index contributed by atoms with van der Waals surface area (Å²) < 4.78 is 0. The zero-order valence-corrected chi connectivity index (χ0v) is 9.82. The van der Waals surface area contributed by atoms with Crippen LogP contribution >= 0.6 is 12.4 Å². The van der Waals surface area contributed by atoms with Gasteiger partial charge in [-0.25, -0.2) is 4.79 Å². The number of halogens is 1. The van der Waals surface area contributed by atoms with Gasteiger partial charge in [-0.3, -0.25) is 0 Å². The molecule has 0 aliphatic carbocycles. The van der Waals surface area contributed by atoms with Crippen LogP contribution in [0.2, 0.25) is 0 Å². The Labute approximate surface area is 101 Å². The molecule has 0 bridgehead atoms. The number of carboxylic acid groups (broad SMARTS) is 1. The van der Waals surface area contributed by atoms with Crippen molar-refractivity contribution >= 4 is 18.5 Å². The number of hydrogen-bond donors (Lipinski definition) is 2. The van der Waals surface area contributed by atoms with Gasteiger partial charge >= 0.3 is 6.09 Å². The maximum Gasteiger partial charge on any atom is 0.407 e. The Balaban J connectivity index is 0.00000225. The van der Waals surface area contributed by atoms with Gasteiger partial charge in [0.05, 0.1) is 0 Å². The topological polar surface area (TPSA) is 66.6 Å². The molecule has 0 aliphatic heterocycles. The summed E-state index contributed by atoms with van der Waals surface area (Å²) in [5, 5.41) is 8.95. The first-order valence-electron chi connectivity index (χ1n) is 4.96. The largest absolute Gasteiger partial charge is 0.465 e. The summed E-state index contributed by atoms with van der Waals surface area (Å²) in [5.41, 5.74) is 6.35. The van der Waals surface area contributed by atoms with Crippen molar-refractivity contribution in [3.8, 4) is 0 Å². The summed E-state index contributed by atoms with van der Waals surface area (Å²) in [7, 11) is 0. The summed E-state index contributed by atoms with van der Waals surface area (Å²) in [5.74, 6) is 0. The molecule has 0 atom stereocenters. The molecule has 0 aromatic heterocycles. The van der Waals surface area contributed by atoms with E-state index in [0.29, 0.717) is 26.1 Å². The number of nitrogens with two attached hydrogens (primary N) is 1. The number of benzene rings is 1. The Bertz CT molecular complexity index is 306. The molecular weight excluding hydrogens is 228 g/mol. The smallest absolute Gasteiger partial charge is 0.407 e. The zero-order valence-electron chi connectivity index (χ0n) is 9.00. The fraction of sp³-hybridized carbons (Fsp3) is 0.364. The first-order valence-corrected chi connectivity index (χ1v) is 4.96. The average molecular weight is 245 g/mol. The molecule has 0 radical (unpaired) electrons. The molecule has 90 valence electrons. The lowest BCUT2D eigenvalue weighted by atomic mass is 10.2. The number of rotatable bonds is 5. The fourth-order valence-corrected chi connectivity index (χ4v) is 1.33. The van der Waals surface area contributed by atoms with Gasteiger partial charge in [0.2, 0.25) is 0 Å². The molecular formula is C11H17ClN2O2. The third kappa shape index (κ3) is 5.00. The predicted octanol–water partition coefficient (Wildman–Crippen LogP) is 1.94. The van der Waals surface area contributed by atoms with Gasteiger partial charge in [0, 0.05) is 13.1 Å². The highest BCUT2D eigenvalue weighted by Gasteiger charge is 2.10. The van der Waals surface area contributed by atoms with Crippen LogP contribution in [-0.2, 0) is 6.54 Å².